The maximum absolute atomic E-state index is 11.9. The zero-order chi connectivity index (χ0) is 12.9. The quantitative estimate of drug-likeness (QED) is 0.781. The summed E-state index contributed by atoms with van der Waals surface area (Å²) in [6.07, 6.45) is 3.82. The highest BCUT2D eigenvalue weighted by Gasteiger charge is 2.35. The Morgan fingerprint density at radius 3 is 2.76 bits per heavy atom. The molecule has 2 unspecified atom stereocenters. The monoisotopic (exact) mass is 325 g/mol. The first kappa shape index (κ1) is 15.0. The van der Waals surface area contributed by atoms with E-state index in [0.29, 0.717) is 12.8 Å². The van der Waals surface area contributed by atoms with Gasteiger partial charge in [-0.25, -0.2) is 8.42 Å². The van der Waals surface area contributed by atoms with Gasteiger partial charge in [0.05, 0.1) is 5.75 Å². The number of sulfone groups is 1. The number of nitrogens with one attached hydrogen (secondary N) is 1. The van der Waals surface area contributed by atoms with Crippen molar-refractivity contribution in [3.63, 3.8) is 0 Å². The van der Waals surface area contributed by atoms with Crippen molar-refractivity contribution in [2.24, 2.45) is 0 Å². The summed E-state index contributed by atoms with van der Waals surface area (Å²) >= 11 is 3.33. The van der Waals surface area contributed by atoms with Crippen molar-refractivity contribution >= 4 is 31.7 Å². The Bertz CT molecular complexity index is 356. The highest BCUT2D eigenvalue weighted by Crippen LogP contribution is 2.19. The van der Waals surface area contributed by atoms with Crippen LogP contribution in [0.15, 0.2) is 0 Å². The fraction of sp³-hybridized carbons (Fsp3) is 0.909. The van der Waals surface area contributed by atoms with Crippen LogP contribution in [0.4, 0.5) is 0 Å². The average Bonchev–Trinajstić information content (AvgIpc) is 2.25. The molecule has 0 aromatic heterocycles. The minimum atomic E-state index is -3.21. The van der Waals surface area contributed by atoms with E-state index in [0.717, 1.165) is 24.6 Å². The van der Waals surface area contributed by atoms with E-state index in [1.54, 1.807) is 0 Å². The predicted molar refractivity (Wildman–Crippen MR) is 72.1 cm³/mol. The lowest BCUT2D eigenvalue weighted by atomic mass is 10.1. The maximum Gasteiger partial charge on any atom is 0.238 e. The van der Waals surface area contributed by atoms with Crippen LogP contribution < -0.4 is 5.32 Å². The third kappa shape index (κ3) is 4.58. The molecule has 0 aromatic rings. The third-order valence-electron chi connectivity index (χ3n) is 3.03. The lowest BCUT2D eigenvalue weighted by molar-refractivity contribution is -0.121. The van der Waals surface area contributed by atoms with Gasteiger partial charge in [-0.1, -0.05) is 22.4 Å². The van der Waals surface area contributed by atoms with Crippen molar-refractivity contribution in [1.82, 2.24) is 5.32 Å². The molecular weight excluding hydrogens is 306 g/mol. The molecule has 1 rings (SSSR count). The van der Waals surface area contributed by atoms with Gasteiger partial charge in [-0.2, -0.15) is 0 Å². The number of rotatable bonds is 5. The first-order valence-corrected chi connectivity index (χ1v) is 8.89. The molecule has 4 nitrogen and oxygen atoms in total. The van der Waals surface area contributed by atoms with Crippen molar-refractivity contribution in [3.8, 4) is 0 Å². The Morgan fingerprint density at radius 2 is 2.18 bits per heavy atom. The normalized spacial score (nSPS) is 25.2. The van der Waals surface area contributed by atoms with E-state index in [4.69, 9.17) is 0 Å². The van der Waals surface area contributed by atoms with Crippen molar-refractivity contribution < 1.29 is 13.2 Å². The van der Waals surface area contributed by atoms with E-state index in [-0.39, 0.29) is 17.7 Å². The average molecular weight is 326 g/mol. The van der Waals surface area contributed by atoms with Gasteiger partial charge in [-0.05, 0) is 32.6 Å². The van der Waals surface area contributed by atoms with Gasteiger partial charge in [0.25, 0.3) is 0 Å². The molecule has 0 bridgehead atoms. The molecule has 1 N–H and O–H groups in total. The second kappa shape index (κ2) is 6.73. The summed E-state index contributed by atoms with van der Waals surface area (Å²) in [5.74, 6) is -0.160. The summed E-state index contributed by atoms with van der Waals surface area (Å²) in [5.41, 5.74) is 0. The zero-order valence-electron chi connectivity index (χ0n) is 10.1. The van der Waals surface area contributed by atoms with Crippen molar-refractivity contribution in [2.75, 3.05) is 11.1 Å². The van der Waals surface area contributed by atoms with Gasteiger partial charge in [0.15, 0.2) is 9.84 Å². The molecule has 2 atom stereocenters. The standard InChI is InChI=1S/C11H20BrNO3S/c1-9(5-4-7-12)13-11(14)10-6-2-3-8-17(10,15)16/h9-10H,2-8H2,1H3,(H,13,14). The van der Waals surface area contributed by atoms with E-state index in [9.17, 15) is 13.2 Å². The van der Waals surface area contributed by atoms with Gasteiger partial charge in [-0.15, -0.1) is 0 Å². The van der Waals surface area contributed by atoms with Crippen LogP contribution in [0.1, 0.15) is 39.0 Å². The summed E-state index contributed by atoms with van der Waals surface area (Å²) in [7, 11) is -3.21. The molecule has 1 aliphatic heterocycles. The van der Waals surface area contributed by atoms with Gasteiger partial charge >= 0.3 is 0 Å². The number of alkyl halides is 1. The Labute approximate surface area is 112 Å². The predicted octanol–water partition coefficient (Wildman–Crippen LogP) is 1.63. The van der Waals surface area contributed by atoms with Crippen LogP contribution in [0.2, 0.25) is 0 Å². The molecule has 17 heavy (non-hydrogen) atoms. The van der Waals surface area contributed by atoms with Crippen LogP contribution in [0, 0.1) is 0 Å². The van der Waals surface area contributed by atoms with E-state index < -0.39 is 15.1 Å². The van der Waals surface area contributed by atoms with Crippen LogP contribution in [0.5, 0.6) is 0 Å². The molecule has 1 amide bonds. The number of amides is 1. The fourth-order valence-corrected chi connectivity index (χ4v) is 4.18. The molecule has 0 spiro atoms. The number of hydrogen-bond acceptors (Lipinski definition) is 3. The summed E-state index contributed by atoms with van der Waals surface area (Å²) in [6.45, 7) is 1.91. The second-order valence-corrected chi connectivity index (χ2v) is 7.69. The zero-order valence-corrected chi connectivity index (χ0v) is 12.5. The van der Waals surface area contributed by atoms with Crippen molar-refractivity contribution in [1.29, 1.82) is 0 Å². The SMILES string of the molecule is CC(CCCBr)NC(=O)C1CCCCS1(=O)=O. The van der Waals surface area contributed by atoms with Crippen LogP contribution in [-0.2, 0) is 14.6 Å². The minimum Gasteiger partial charge on any atom is -0.353 e. The highest BCUT2D eigenvalue weighted by molar-refractivity contribution is 9.09. The Balaban J connectivity index is 2.51. The van der Waals surface area contributed by atoms with Crippen LogP contribution in [0.3, 0.4) is 0 Å². The molecule has 1 fully saturated rings. The molecule has 1 aliphatic rings. The first-order chi connectivity index (χ1) is 7.97. The lowest BCUT2D eigenvalue weighted by Crippen LogP contribution is -2.45. The van der Waals surface area contributed by atoms with Crippen molar-refractivity contribution in [3.05, 3.63) is 0 Å². The van der Waals surface area contributed by atoms with Gasteiger partial charge in [-0.3, -0.25) is 4.79 Å². The van der Waals surface area contributed by atoms with E-state index >= 15 is 0 Å². The Hall–Kier alpha value is -0.100. The number of halogens is 1. The van der Waals surface area contributed by atoms with Gasteiger partial charge < -0.3 is 5.32 Å². The minimum absolute atomic E-state index is 0.0391. The fourth-order valence-electron chi connectivity index (χ4n) is 2.04. The molecule has 1 saturated heterocycles. The topological polar surface area (TPSA) is 63.2 Å². The lowest BCUT2D eigenvalue weighted by Gasteiger charge is -2.23. The Kier molecular flexibility index (Phi) is 5.92. The molecule has 0 radical (unpaired) electrons. The summed E-state index contributed by atoms with van der Waals surface area (Å²) in [5, 5.41) is 2.88. The number of carbonyl (C=O) groups is 1. The van der Waals surface area contributed by atoms with Gasteiger partial charge in [0, 0.05) is 11.4 Å². The highest BCUT2D eigenvalue weighted by atomic mass is 79.9. The second-order valence-electron chi connectivity index (χ2n) is 4.59. The van der Waals surface area contributed by atoms with E-state index in [1.165, 1.54) is 0 Å². The van der Waals surface area contributed by atoms with Crippen molar-refractivity contribution in [2.45, 2.75) is 50.3 Å². The summed E-state index contributed by atoms with van der Waals surface area (Å²) < 4.78 is 23.5. The Morgan fingerprint density at radius 1 is 1.47 bits per heavy atom. The van der Waals surface area contributed by atoms with Gasteiger partial charge in [0.2, 0.25) is 5.91 Å². The molecule has 0 saturated carbocycles. The number of carbonyl (C=O) groups excluding carboxylic acids is 1. The van der Waals surface area contributed by atoms with Crippen LogP contribution in [-0.4, -0.2) is 36.7 Å². The molecular formula is C11H20BrNO3S. The summed E-state index contributed by atoms with van der Waals surface area (Å²) in [6, 6.07) is 0.0391. The number of hydrogen-bond donors (Lipinski definition) is 1. The van der Waals surface area contributed by atoms with E-state index in [2.05, 4.69) is 21.2 Å². The maximum atomic E-state index is 11.9. The first-order valence-electron chi connectivity index (χ1n) is 6.05. The molecule has 1 heterocycles. The third-order valence-corrected chi connectivity index (χ3v) is 5.77. The van der Waals surface area contributed by atoms with Crippen LogP contribution >= 0.6 is 15.9 Å². The smallest absolute Gasteiger partial charge is 0.238 e. The van der Waals surface area contributed by atoms with Gasteiger partial charge in [0.1, 0.15) is 5.25 Å². The largest absolute Gasteiger partial charge is 0.353 e. The van der Waals surface area contributed by atoms with E-state index in [1.807, 2.05) is 6.92 Å². The van der Waals surface area contributed by atoms with Crippen LogP contribution in [0.25, 0.3) is 0 Å². The molecule has 0 aromatic carbocycles. The molecule has 100 valence electrons. The summed E-state index contributed by atoms with van der Waals surface area (Å²) in [4.78, 5) is 11.9. The molecule has 0 aliphatic carbocycles. The molecule has 6 heteroatoms.